The molecule has 1 aromatic carbocycles. The zero-order valence-corrected chi connectivity index (χ0v) is 13.4. The third-order valence-corrected chi connectivity index (χ3v) is 4.57. The van der Waals surface area contributed by atoms with Crippen molar-refractivity contribution in [2.45, 2.75) is 45.7 Å². The topological polar surface area (TPSA) is 70.6 Å². The highest BCUT2D eigenvalue weighted by Gasteiger charge is 2.23. The van der Waals surface area contributed by atoms with Gasteiger partial charge in [0.25, 0.3) is 0 Å². The minimum atomic E-state index is 0.0753. The van der Waals surface area contributed by atoms with Gasteiger partial charge in [-0.1, -0.05) is 42.7 Å². The van der Waals surface area contributed by atoms with E-state index in [2.05, 4.69) is 24.3 Å². The fraction of sp³-hybridized carbons (Fsp3) is 0.562. The van der Waals surface area contributed by atoms with Crippen LogP contribution in [0.2, 0.25) is 5.02 Å². The smallest absolute Gasteiger partial charge is 0.170 e. The van der Waals surface area contributed by atoms with Crippen molar-refractivity contribution in [2.75, 3.05) is 0 Å². The summed E-state index contributed by atoms with van der Waals surface area (Å²) >= 11 is 6.27. The number of rotatable bonds is 4. The summed E-state index contributed by atoms with van der Waals surface area (Å²) in [5, 5.41) is 15.9. The van der Waals surface area contributed by atoms with Crippen LogP contribution in [0.5, 0.6) is 0 Å². The van der Waals surface area contributed by atoms with Crippen LogP contribution in [0.25, 0.3) is 0 Å². The molecule has 2 atom stereocenters. The molecule has 4 N–H and O–H groups in total. The van der Waals surface area contributed by atoms with Crippen molar-refractivity contribution < 1.29 is 5.21 Å². The van der Waals surface area contributed by atoms with Gasteiger partial charge >= 0.3 is 0 Å². The number of oxime groups is 1. The maximum Gasteiger partial charge on any atom is 0.170 e. The van der Waals surface area contributed by atoms with E-state index >= 15 is 0 Å². The van der Waals surface area contributed by atoms with Crippen LogP contribution in [0.4, 0.5) is 0 Å². The molecule has 1 aliphatic carbocycles. The van der Waals surface area contributed by atoms with Crippen molar-refractivity contribution in [1.29, 1.82) is 0 Å². The minimum Gasteiger partial charge on any atom is -0.409 e. The fourth-order valence-electron chi connectivity index (χ4n) is 3.28. The predicted molar refractivity (Wildman–Crippen MR) is 86.8 cm³/mol. The van der Waals surface area contributed by atoms with Crippen molar-refractivity contribution in [3.63, 3.8) is 0 Å². The highest BCUT2D eigenvalue weighted by molar-refractivity contribution is 6.31. The van der Waals surface area contributed by atoms with Crippen LogP contribution < -0.4 is 11.1 Å². The van der Waals surface area contributed by atoms with Crippen LogP contribution >= 0.6 is 11.6 Å². The van der Waals surface area contributed by atoms with Gasteiger partial charge in [-0.05, 0) is 42.7 Å². The van der Waals surface area contributed by atoms with Gasteiger partial charge in [0.05, 0.1) is 0 Å². The molecule has 0 aromatic heterocycles. The molecule has 0 spiro atoms. The summed E-state index contributed by atoms with van der Waals surface area (Å²) in [7, 11) is 0. The molecule has 5 heteroatoms. The zero-order valence-electron chi connectivity index (χ0n) is 12.6. The van der Waals surface area contributed by atoms with Gasteiger partial charge in [-0.3, -0.25) is 0 Å². The van der Waals surface area contributed by atoms with E-state index in [0.717, 1.165) is 23.9 Å². The molecule has 116 valence electrons. The Kier molecular flexibility index (Phi) is 5.48. The second-order valence-corrected chi connectivity index (χ2v) is 6.69. The summed E-state index contributed by atoms with van der Waals surface area (Å²) in [4.78, 5) is 0. The molecular weight excluding hydrogens is 286 g/mol. The van der Waals surface area contributed by atoms with Crippen LogP contribution in [0, 0.1) is 11.8 Å². The van der Waals surface area contributed by atoms with E-state index in [1.54, 1.807) is 6.07 Å². The van der Waals surface area contributed by atoms with E-state index in [-0.39, 0.29) is 5.84 Å². The number of nitrogens with zero attached hydrogens (tertiary/aromatic N) is 1. The molecule has 1 saturated carbocycles. The minimum absolute atomic E-state index is 0.0753. The van der Waals surface area contributed by atoms with Crippen LogP contribution in [0.15, 0.2) is 23.4 Å². The van der Waals surface area contributed by atoms with Gasteiger partial charge in [-0.15, -0.1) is 0 Å². The van der Waals surface area contributed by atoms with Crippen LogP contribution in [0.3, 0.4) is 0 Å². The first-order valence-corrected chi connectivity index (χ1v) is 7.87. The summed E-state index contributed by atoms with van der Waals surface area (Å²) in [6.45, 7) is 5.39. The standard InChI is InChI=1S/C16H24ClN3O/c1-10-5-11(2)7-14(6-10)19-9-13-4-3-12(8-15(13)17)16(18)20-21/h3-4,8,10-11,14,19,21H,5-7,9H2,1-2H3,(H2,18,20). The summed E-state index contributed by atoms with van der Waals surface area (Å²) in [5.74, 6) is 1.64. The Morgan fingerprint density at radius 3 is 2.57 bits per heavy atom. The maximum absolute atomic E-state index is 8.68. The van der Waals surface area contributed by atoms with Gasteiger partial charge in [-0.25, -0.2) is 0 Å². The third-order valence-electron chi connectivity index (χ3n) is 4.22. The maximum atomic E-state index is 8.68. The molecule has 21 heavy (non-hydrogen) atoms. The van der Waals surface area contributed by atoms with Gasteiger partial charge in [0.15, 0.2) is 5.84 Å². The molecule has 0 amide bonds. The lowest BCUT2D eigenvalue weighted by Gasteiger charge is -2.32. The fourth-order valence-corrected chi connectivity index (χ4v) is 3.52. The molecular formula is C16H24ClN3O. The number of hydrogen-bond donors (Lipinski definition) is 3. The Hall–Kier alpha value is -1.26. The van der Waals surface area contributed by atoms with E-state index in [1.165, 1.54) is 19.3 Å². The van der Waals surface area contributed by atoms with Crippen molar-refractivity contribution in [3.8, 4) is 0 Å². The van der Waals surface area contributed by atoms with Gasteiger partial charge in [-0.2, -0.15) is 0 Å². The Labute approximate surface area is 131 Å². The SMILES string of the molecule is CC1CC(C)CC(NCc2ccc(/C(N)=N/O)cc2Cl)C1. The molecule has 2 unspecified atom stereocenters. The lowest BCUT2D eigenvalue weighted by molar-refractivity contribution is 0.238. The number of benzene rings is 1. The molecule has 1 aromatic rings. The molecule has 4 nitrogen and oxygen atoms in total. The average molecular weight is 310 g/mol. The number of halogens is 1. The van der Waals surface area contributed by atoms with Crippen molar-refractivity contribution >= 4 is 17.4 Å². The highest BCUT2D eigenvalue weighted by Crippen LogP contribution is 2.29. The number of hydrogen-bond acceptors (Lipinski definition) is 3. The van der Waals surface area contributed by atoms with E-state index in [9.17, 15) is 0 Å². The third kappa shape index (κ3) is 4.35. The first-order valence-electron chi connectivity index (χ1n) is 7.49. The Morgan fingerprint density at radius 2 is 2.00 bits per heavy atom. The van der Waals surface area contributed by atoms with E-state index in [0.29, 0.717) is 16.6 Å². The summed E-state index contributed by atoms with van der Waals surface area (Å²) in [6, 6.07) is 6.05. The van der Waals surface area contributed by atoms with E-state index in [1.807, 2.05) is 12.1 Å². The first-order chi connectivity index (χ1) is 9.99. The van der Waals surface area contributed by atoms with Gasteiger partial charge < -0.3 is 16.3 Å². The van der Waals surface area contributed by atoms with Crippen LogP contribution in [-0.2, 0) is 6.54 Å². The lowest BCUT2D eigenvalue weighted by Crippen LogP contribution is -2.36. The summed E-state index contributed by atoms with van der Waals surface area (Å²) in [5.41, 5.74) is 7.23. The summed E-state index contributed by atoms with van der Waals surface area (Å²) in [6.07, 6.45) is 3.78. The Bertz CT molecular complexity index is 508. The molecule has 2 rings (SSSR count). The van der Waals surface area contributed by atoms with Crippen molar-refractivity contribution in [3.05, 3.63) is 34.3 Å². The second kappa shape index (κ2) is 7.14. The monoisotopic (exact) mass is 309 g/mol. The van der Waals surface area contributed by atoms with Gasteiger partial charge in [0.2, 0.25) is 0 Å². The largest absolute Gasteiger partial charge is 0.409 e. The first kappa shape index (κ1) is 16.1. The van der Waals surface area contributed by atoms with Gasteiger partial charge in [0, 0.05) is 23.2 Å². The van der Waals surface area contributed by atoms with E-state index < -0.39 is 0 Å². The summed E-state index contributed by atoms with van der Waals surface area (Å²) < 4.78 is 0. The molecule has 1 fully saturated rings. The Morgan fingerprint density at radius 1 is 1.33 bits per heavy atom. The van der Waals surface area contributed by atoms with E-state index in [4.69, 9.17) is 22.5 Å². The zero-order chi connectivity index (χ0) is 15.4. The molecule has 0 aliphatic heterocycles. The Balaban J connectivity index is 1.97. The molecule has 1 aliphatic rings. The number of nitrogens with two attached hydrogens (primary N) is 1. The normalized spacial score (nSPS) is 26.8. The number of nitrogens with one attached hydrogen (secondary N) is 1. The second-order valence-electron chi connectivity index (χ2n) is 6.29. The quantitative estimate of drug-likeness (QED) is 0.346. The lowest BCUT2D eigenvalue weighted by atomic mass is 9.80. The molecule has 0 saturated heterocycles. The van der Waals surface area contributed by atoms with Crippen molar-refractivity contribution in [2.24, 2.45) is 22.7 Å². The average Bonchev–Trinajstić information content (AvgIpc) is 2.44. The van der Waals surface area contributed by atoms with Crippen molar-refractivity contribution in [1.82, 2.24) is 5.32 Å². The predicted octanol–water partition coefficient (Wildman–Crippen LogP) is 3.35. The van der Waals surface area contributed by atoms with Crippen LogP contribution in [0.1, 0.15) is 44.2 Å². The molecule has 0 radical (unpaired) electrons. The van der Waals surface area contributed by atoms with Gasteiger partial charge in [0.1, 0.15) is 0 Å². The van der Waals surface area contributed by atoms with Crippen LogP contribution in [-0.4, -0.2) is 17.1 Å². The number of amidine groups is 1. The molecule has 0 bridgehead atoms. The highest BCUT2D eigenvalue weighted by atomic mass is 35.5. The molecule has 0 heterocycles.